The van der Waals surface area contributed by atoms with Gasteiger partial charge in [0, 0.05) is 23.8 Å². The van der Waals surface area contributed by atoms with Crippen LogP contribution in [0.25, 0.3) is 6.08 Å². The third-order valence-electron chi connectivity index (χ3n) is 3.97. The van der Waals surface area contributed by atoms with Gasteiger partial charge in [-0.1, -0.05) is 0 Å². The smallest absolute Gasteiger partial charge is 0.430 e. The first-order valence-corrected chi connectivity index (χ1v) is 7.81. The summed E-state index contributed by atoms with van der Waals surface area (Å²) < 4.78 is 50.0. The number of carbonyl (C=O) groups is 1. The zero-order chi connectivity index (χ0) is 20.6. The number of alkyl halides is 3. The van der Waals surface area contributed by atoms with Gasteiger partial charge < -0.3 is 14.6 Å². The van der Waals surface area contributed by atoms with Crippen molar-refractivity contribution in [3.8, 4) is 17.2 Å². The van der Waals surface area contributed by atoms with Crippen molar-refractivity contribution in [3.63, 3.8) is 0 Å². The standard InChI is InChI=1S/C18H12F3NO6/c1-9-6-10-7-13(17(23)24)16(18(19,20)21)28-15(10)8-14(9)27-12-4-2-11(3-5-12)22(25)26/h2-8,16H,1H3,(H,23,24). The molecule has 0 radical (unpaired) electrons. The second kappa shape index (κ2) is 6.87. The molecule has 1 unspecified atom stereocenters. The summed E-state index contributed by atoms with van der Waals surface area (Å²) in [5.41, 5.74) is -0.376. The fourth-order valence-corrected chi connectivity index (χ4v) is 2.63. The second-order valence-corrected chi connectivity index (χ2v) is 5.95. The minimum Gasteiger partial charge on any atom is -0.478 e. The number of halogens is 3. The Balaban J connectivity index is 1.96. The van der Waals surface area contributed by atoms with Crippen LogP contribution in [-0.2, 0) is 4.79 Å². The van der Waals surface area contributed by atoms with Gasteiger partial charge in [0.2, 0.25) is 6.10 Å². The van der Waals surface area contributed by atoms with Crippen molar-refractivity contribution in [1.82, 2.24) is 0 Å². The largest absolute Gasteiger partial charge is 0.478 e. The van der Waals surface area contributed by atoms with E-state index < -0.39 is 28.7 Å². The molecular formula is C18H12F3NO6. The van der Waals surface area contributed by atoms with Gasteiger partial charge in [-0.05, 0) is 36.8 Å². The lowest BCUT2D eigenvalue weighted by molar-refractivity contribution is -0.384. The van der Waals surface area contributed by atoms with Gasteiger partial charge in [0.25, 0.3) is 5.69 Å². The molecule has 7 nitrogen and oxygen atoms in total. The van der Waals surface area contributed by atoms with Crippen molar-refractivity contribution < 1.29 is 37.5 Å². The van der Waals surface area contributed by atoms with Crippen LogP contribution in [-0.4, -0.2) is 28.3 Å². The molecule has 0 saturated heterocycles. The van der Waals surface area contributed by atoms with Crippen molar-refractivity contribution in [1.29, 1.82) is 0 Å². The number of carboxylic acid groups (broad SMARTS) is 1. The summed E-state index contributed by atoms with van der Waals surface area (Å²) in [6.07, 6.45) is -6.60. The summed E-state index contributed by atoms with van der Waals surface area (Å²) >= 11 is 0. The van der Waals surface area contributed by atoms with Crippen LogP contribution in [0, 0.1) is 17.0 Å². The highest BCUT2D eigenvalue weighted by Crippen LogP contribution is 2.41. The Labute approximate surface area is 155 Å². The zero-order valence-corrected chi connectivity index (χ0v) is 14.2. The Bertz CT molecular complexity index is 982. The molecule has 146 valence electrons. The van der Waals surface area contributed by atoms with E-state index in [1.807, 2.05) is 0 Å². The van der Waals surface area contributed by atoms with Crippen LogP contribution in [0.2, 0.25) is 0 Å². The lowest BCUT2D eigenvalue weighted by Gasteiger charge is -2.27. The quantitative estimate of drug-likeness (QED) is 0.605. The number of hydrogen-bond donors (Lipinski definition) is 1. The van der Waals surface area contributed by atoms with Gasteiger partial charge in [0.1, 0.15) is 17.2 Å². The topological polar surface area (TPSA) is 98.9 Å². The Morgan fingerprint density at radius 1 is 1.25 bits per heavy atom. The maximum absolute atomic E-state index is 13.2. The molecule has 1 heterocycles. The molecule has 3 rings (SSSR count). The molecule has 28 heavy (non-hydrogen) atoms. The predicted molar refractivity (Wildman–Crippen MR) is 90.4 cm³/mol. The molecule has 0 spiro atoms. The summed E-state index contributed by atoms with van der Waals surface area (Å²) in [7, 11) is 0. The van der Waals surface area contributed by atoms with Crippen LogP contribution in [0.5, 0.6) is 17.2 Å². The highest BCUT2D eigenvalue weighted by Gasteiger charge is 2.48. The van der Waals surface area contributed by atoms with Gasteiger partial charge in [-0.25, -0.2) is 4.79 Å². The van der Waals surface area contributed by atoms with Gasteiger partial charge >= 0.3 is 12.1 Å². The molecule has 0 bridgehead atoms. The first-order valence-electron chi connectivity index (χ1n) is 7.81. The minimum atomic E-state index is -4.91. The molecule has 1 N–H and O–H groups in total. The number of rotatable bonds is 4. The van der Waals surface area contributed by atoms with Gasteiger partial charge in [0.15, 0.2) is 0 Å². The molecule has 0 fully saturated rings. The SMILES string of the molecule is Cc1cc2c(cc1Oc1ccc([N+](=O)[O-])cc1)OC(C(F)(F)F)C(C(=O)O)=C2. The van der Waals surface area contributed by atoms with E-state index in [9.17, 15) is 28.1 Å². The molecule has 1 aliphatic rings. The fraction of sp³-hybridized carbons (Fsp3) is 0.167. The van der Waals surface area contributed by atoms with Crippen LogP contribution in [0.4, 0.5) is 18.9 Å². The molecule has 0 amide bonds. The van der Waals surface area contributed by atoms with E-state index in [0.717, 1.165) is 6.08 Å². The van der Waals surface area contributed by atoms with Crippen LogP contribution in [0.1, 0.15) is 11.1 Å². The van der Waals surface area contributed by atoms with E-state index in [0.29, 0.717) is 5.56 Å². The third-order valence-corrected chi connectivity index (χ3v) is 3.97. The third kappa shape index (κ3) is 3.75. The molecule has 0 saturated carbocycles. The number of fused-ring (bicyclic) bond motifs is 1. The van der Waals surface area contributed by atoms with Crippen molar-refractivity contribution in [2.45, 2.75) is 19.2 Å². The lowest BCUT2D eigenvalue weighted by Crippen LogP contribution is -2.40. The van der Waals surface area contributed by atoms with E-state index in [1.54, 1.807) is 6.92 Å². The predicted octanol–water partition coefficient (Wildman–Crippen LogP) is 4.49. The second-order valence-electron chi connectivity index (χ2n) is 5.95. The van der Waals surface area contributed by atoms with Crippen molar-refractivity contribution in [2.24, 2.45) is 0 Å². The van der Waals surface area contributed by atoms with Crippen LogP contribution < -0.4 is 9.47 Å². The highest BCUT2D eigenvalue weighted by molar-refractivity contribution is 5.95. The molecule has 10 heteroatoms. The van der Waals surface area contributed by atoms with Crippen LogP contribution >= 0.6 is 0 Å². The molecule has 2 aromatic rings. The first kappa shape index (κ1) is 19.2. The first-order chi connectivity index (χ1) is 13.1. The summed E-state index contributed by atoms with van der Waals surface area (Å²) in [6.45, 7) is 1.62. The number of carboxylic acids is 1. The number of non-ortho nitro benzene ring substituents is 1. The molecular weight excluding hydrogens is 383 g/mol. The number of nitrogens with zero attached hydrogens (tertiary/aromatic N) is 1. The summed E-state index contributed by atoms with van der Waals surface area (Å²) in [6, 6.07) is 7.80. The highest BCUT2D eigenvalue weighted by atomic mass is 19.4. The lowest BCUT2D eigenvalue weighted by atomic mass is 9.99. The maximum atomic E-state index is 13.2. The number of hydrogen-bond acceptors (Lipinski definition) is 5. The van der Waals surface area contributed by atoms with E-state index in [4.69, 9.17) is 14.6 Å². The molecule has 0 aromatic heterocycles. The van der Waals surface area contributed by atoms with Crippen molar-refractivity contribution in [3.05, 3.63) is 63.2 Å². The van der Waals surface area contributed by atoms with Crippen molar-refractivity contribution >= 4 is 17.7 Å². The van der Waals surface area contributed by atoms with E-state index in [2.05, 4.69) is 0 Å². The molecule has 1 aliphatic heterocycles. The molecule has 1 atom stereocenters. The van der Waals surface area contributed by atoms with Gasteiger partial charge in [-0.2, -0.15) is 13.2 Å². The maximum Gasteiger partial charge on any atom is 0.430 e. The van der Waals surface area contributed by atoms with E-state index in [1.165, 1.54) is 36.4 Å². The Morgan fingerprint density at radius 2 is 1.89 bits per heavy atom. The number of aryl methyl sites for hydroxylation is 1. The average molecular weight is 395 g/mol. The number of ether oxygens (including phenoxy) is 2. The van der Waals surface area contributed by atoms with Crippen LogP contribution in [0.3, 0.4) is 0 Å². The minimum absolute atomic E-state index is 0.141. The Morgan fingerprint density at radius 3 is 2.43 bits per heavy atom. The van der Waals surface area contributed by atoms with E-state index in [-0.39, 0.29) is 28.5 Å². The number of aliphatic carboxylic acids is 1. The Kier molecular flexibility index (Phi) is 4.72. The zero-order valence-electron chi connectivity index (χ0n) is 14.2. The number of benzene rings is 2. The summed E-state index contributed by atoms with van der Waals surface area (Å²) in [5, 5.41) is 19.7. The van der Waals surface area contributed by atoms with Crippen LogP contribution in [0.15, 0.2) is 42.0 Å². The number of nitro benzene ring substituents is 1. The fourth-order valence-electron chi connectivity index (χ4n) is 2.63. The van der Waals surface area contributed by atoms with Crippen molar-refractivity contribution in [2.75, 3.05) is 0 Å². The monoisotopic (exact) mass is 395 g/mol. The van der Waals surface area contributed by atoms with Gasteiger partial charge in [-0.3, -0.25) is 10.1 Å². The Hall–Kier alpha value is -3.56. The summed E-state index contributed by atoms with van der Waals surface area (Å²) in [4.78, 5) is 21.3. The van der Waals surface area contributed by atoms with E-state index >= 15 is 0 Å². The normalized spacial score (nSPS) is 15.9. The summed E-state index contributed by atoms with van der Waals surface area (Å²) in [5.74, 6) is -1.51. The average Bonchev–Trinajstić information content (AvgIpc) is 2.61. The van der Waals surface area contributed by atoms with Gasteiger partial charge in [-0.15, -0.1) is 0 Å². The number of nitro groups is 1. The molecule has 2 aromatic carbocycles. The van der Waals surface area contributed by atoms with Gasteiger partial charge in [0.05, 0.1) is 10.5 Å². The molecule has 0 aliphatic carbocycles.